The van der Waals surface area contributed by atoms with E-state index in [1.807, 2.05) is 0 Å². The maximum absolute atomic E-state index is 6.15. The Morgan fingerprint density at radius 3 is 2.53 bits per heavy atom. The monoisotopic (exact) mass is 256 g/mol. The number of fused-ring (bicyclic) bond motifs is 1. The van der Waals surface area contributed by atoms with Crippen LogP contribution < -0.4 is 0 Å². The van der Waals surface area contributed by atoms with Gasteiger partial charge < -0.3 is 4.74 Å². The van der Waals surface area contributed by atoms with Crippen LogP contribution in [0, 0.1) is 0 Å². The van der Waals surface area contributed by atoms with Gasteiger partial charge in [0.15, 0.2) is 0 Å². The quantitative estimate of drug-likeness (QED) is 0.663. The van der Waals surface area contributed by atoms with Crippen molar-refractivity contribution in [1.29, 1.82) is 0 Å². The van der Waals surface area contributed by atoms with Crippen LogP contribution in [0.3, 0.4) is 0 Å². The molecule has 2 aromatic rings. The fraction of sp³-hybridized carbons (Fsp3) is 0.444. The molecule has 19 heavy (non-hydrogen) atoms. The minimum Gasteiger partial charge on any atom is -0.371 e. The number of unbranched alkanes of at least 4 members (excludes halogenated alkanes) is 1. The molecule has 2 atom stereocenters. The number of benzene rings is 2. The van der Waals surface area contributed by atoms with Gasteiger partial charge in [0.1, 0.15) is 0 Å². The fourth-order valence-corrected chi connectivity index (χ4v) is 2.59. The van der Waals surface area contributed by atoms with Crippen molar-refractivity contribution in [3.63, 3.8) is 0 Å². The zero-order valence-corrected chi connectivity index (χ0v) is 12.2. The topological polar surface area (TPSA) is 9.23 Å². The molecule has 1 nitrogen and oxygen atoms in total. The molecule has 0 saturated carbocycles. The van der Waals surface area contributed by atoms with Gasteiger partial charge in [0.25, 0.3) is 0 Å². The van der Waals surface area contributed by atoms with E-state index in [0.29, 0.717) is 6.10 Å². The summed E-state index contributed by atoms with van der Waals surface area (Å²) in [6, 6.07) is 15.0. The van der Waals surface area contributed by atoms with Crippen molar-refractivity contribution in [1.82, 2.24) is 0 Å². The molecule has 0 spiro atoms. The Bertz CT molecular complexity index is 513. The molecule has 0 aliphatic heterocycles. The van der Waals surface area contributed by atoms with Crippen LogP contribution in [0.1, 0.15) is 51.7 Å². The zero-order chi connectivity index (χ0) is 13.7. The average Bonchev–Trinajstić information content (AvgIpc) is 2.44. The summed E-state index contributed by atoms with van der Waals surface area (Å²) in [6.07, 6.45) is 4.10. The molecule has 0 amide bonds. The van der Waals surface area contributed by atoms with Crippen molar-refractivity contribution >= 4 is 10.8 Å². The molecule has 0 bridgehead atoms. The summed E-state index contributed by atoms with van der Waals surface area (Å²) in [7, 11) is 0. The summed E-state index contributed by atoms with van der Waals surface area (Å²) in [5.74, 6) is 0. The second-order valence-electron chi connectivity index (χ2n) is 5.30. The number of hydrogen-bond acceptors (Lipinski definition) is 1. The molecule has 0 fully saturated rings. The van der Waals surface area contributed by atoms with Gasteiger partial charge in [-0.3, -0.25) is 0 Å². The number of ether oxygens (including phenoxy) is 1. The fourth-order valence-electron chi connectivity index (χ4n) is 2.59. The molecular formula is C18H24O. The van der Waals surface area contributed by atoms with Crippen LogP contribution in [-0.4, -0.2) is 6.10 Å². The minimum atomic E-state index is 0.151. The molecule has 0 heterocycles. The first-order chi connectivity index (χ1) is 9.22. The second-order valence-corrected chi connectivity index (χ2v) is 5.30. The van der Waals surface area contributed by atoms with Crippen molar-refractivity contribution in [2.24, 2.45) is 0 Å². The summed E-state index contributed by atoms with van der Waals surface area (Å²) in [6.45, 7) is 6.56. The lowest BCUT2D eigenvalue weighted by atomic mass is 10.0. The van der Waals surface area contributed by atoms with E-state index < -0.39 is 0 Å². The van der Waals surface area contributed by atoms with E-state index in [1.54, 1.807) is 0 Å². The third-order valence-corrected chi connectivity index (χ3v) is 3.66. The summed E-state index contributed by atoms with van der Waals surface area (Å²) in [4.78, 5) is 0. The smallest absolute Gasteiger partial charge is 0.0806 e. The van der Waals surface area contributed by atoms with E-state index >= 15 is 0 Å². The Balaban J connectivity index is 2.15. The van der Waals surface area contributed by atoms with Gasteiger partial charge in [-0.25, -0.2) is 0 Å². The Morgan fingerprint density at radius 2 is 1.74 bits per heavy atom. The van der Waals surface area contributed by atoms with Crippen molar-refractivity contribution < 1.29 is 4.74 Å². The highest BCUT2D eigenvalue weighted by Crippen LogP contribution is 2.27. The van der Waals surface area contributed by atoms with Crippen LogP contribution in [0.5, 0.6) is 0 Å². The van der Waals surface area contributed by atoms with Crippen molar-refractivity contribution in [3.05, 3.63) is 48.0 Å². The lowest BCUT2D eigenvalue weighted by molar-refractivity contribution is 0.00260. The van der Waals surface area contributed by atoms with Crippen LogP contribution in [0.4, 0.5) is 0 Å². The van der Waals surface area contributed by atoms with Gasteiger partial charge in [0, 0.05) is 0 Å². The molecule has 2 aromatic carbocycles. The first-order valence-electron chi connectivity index (χ1n) is 7.35. The zero-order valence-electron chi connectivity index (χ0n) is 12.2. The molecule has 0 N–H and O–H groups in total. The summed E-state index contributed by atoms with van der Waals surface area (Å²) >= 11 is 0. The van der Waals surface area contributed by atoms with E-state index in [-0.39, 0.29) is 6.10 Å². The lowest BCUT2D eigenvalue weighted by Crippen LogP contribution is -2.11. The Labute approximate surface area is 116 Å². The SMILES string of the molecule is CCCCC(C)OC(C)c1cccc2ccccc12. The summed E-state index contributed by atoms with van der Waals surface area (Å²) < 4.78 is 6.15. The molecule has 102 valence electrons. The Hall–Kier alpha value is -1.34. The molecular weight excluding hydrogens is 232 g/mol. The number of hydrogen-bond donors (Lipinski definition) is 0. The summed E-state index contributed by atoms with van der Waals surface area (Å²) in [5, 5.41) is 2.59. The molecule has 0 aromatic heterocycles. The predicted molar refractivity (Wildman–Crippen MR) is 82.4 cm³/mol. The molecule has 0 radical (unpaired) electrons. The Morgan fingerprint density at radius 1 is 1.00 bits per heavy atom. The van der Waals surface area contributed by atoms with Crippen LogP contribution in [-0.2, 0) is 4.74 Å². The highest BCUT2D eigenvalue weighted by molar-refractivity contribution is 5.85. The van der Waals surface area contributed by atoms with Gasteiger partial charge >= 0.3 is 0 Å². The standard InChI is InChI=1S/C18H24O/c1-4-5-9-14(2)19-15(3)17-13-8-11-16-10-6-7-12-18(16)17/h6-8,10-15H,4-5,9H2,1-3H3. The maximum Gasteiger partial charge on any atom is 0.0806 e. The molecule has 0 aliphatic carbocycles. The molecule has 2 unspecified atom stereocenters. The first kappa shape index (κ1) is 14.1. The van der Waals surface area contributed by atoms with E-state index in [4.69, 9.17) is 4.74 Å². The molecule has 2 rings (SSSR count). The van der Waals surface area contributed by atoms with E-state index in [1.165, 1.54) is 29.2 Å². The van der Waals surface area contributed by atoms with Crippen LogP contribution in [0.15, 0.2) is 42.5 Å². The van der Waals surface area contributed by atoms with E-state index in [2.05, 4.69) is 63.2 Å². The van der Waals surface area contributed by atoms with E-state index in [0.717, 1.165) is 6.42 Å². The largest absolute Gasteiger partial charge is 0.371 e. The van der Waals surface area contributed by atoms with Crippen LogP contribution in [0.2, 0.25) is 0 Å². The summed E-state index contributed by atoms with van der Waals surface area (Å²) in [5.41, 5.74) is 1.29. The minimum absolute atomic E-state index is 0.151. The van der Waals surface area contributed by atoms with Gasteiger partial charge in [0.05, 0.1) is 12.2 Å². The predicted octanol–water partition coefficient (Wildman–Crippen LogP) is 5.50. The van der Waals surface area contributed by atoms with E-state index in [9.17, 15) is 0 Å². The van der Waals surface area contributed by atoms with Crippen molar-refractivity contribution in [2.45, 2.75) is 52.2 Å². The normalized spacial score (nSPS) is 14.5. The highest BCUT2D eigenvalue weighted by atomic mass is 16.5. The Kier molecular flexibility index (Phi) is 4.98. The van der Waals surface area contributed by atoms with Crippen LogP contribution in [0.25, 0.3) is 10.8 Å². The molecule has 0 aliphatic rings. The van der Waals surface area contributed by atoms with Gasteiger partial charge in [-0.2, -0.15) is 0 Å². The van der Waals surface area contributed by atoms with Gasteiger partial charge in [-0.15, -0.1) is 0 Å². The average molecular weight is 256 g/mol. The third kappa shape index (κ3) is 3.57. The molecule has 1 heteroatoms. The van der Waals surface area contributed by atoms with Crippen molar-refractivity contribution in [2.75, 3.05) is 0 Å². The second kappa shape index (κ2) is 6.72. The lowest BCUT2D eigenvalue weighted by Gasteiger charge is -2.20. The van der Waals surface area contributed by atoms with Crippen LogP contribution >= 0.6 is 0 Å². The van der Waals surface area contributed by atoms with Gasteiger partial charge in [-0.1, -0.05) is 62.2 Å². The number of rotatable bonds is 6. The van der Waals surface area contributed by atoms with Gasteiger partial charge in [0.2, 0.25) is 0 Å². The highest BCUT2D eigenvalue weighted by Gasteiger charge is 2.12. The van der Waals surface area contributed by atoms with Crippen molar-refractivity contribution in [3.8, 4) is 0 Å². The first-order valence-corrected chi connectivity index (χ1v) is 7.35. The third-order valence-electron chi connectivity index (χ3n) is 3.66. The maximum atomic E-state index is 6.15. The van der Waals surface area contributed by atoms with Gasteiger partial charge in [-0.05, 0) is 36.6 Å². The molecule has 0 saturated heterocycles.